The Morgan fingerprint density at radius 3 is 2.25 bits per heavy atom. The van der Waals surface area contributed by atoms with Gasteiger partial charge in [-0.15, -0.1) is 0 Å². The van der Waals surface area contributed by atoms with Crippen molar-refractivity contribution in [3.05, 3.63) is 104 Å². The Bertz CT molecular complexity index is 1370. The van der Waals surface area contributed by atoms with E-state index in [9.17, 15) is 22.8 Å². The van der Waals surface area contributed by atoms with Crippen LogP contribution < -0.4 is 11.1 Å². The van der Waals surface area contributed by atoms with E-state index >= 15 is 0 Å². The minimum atomic E-state index is -4.51. The zero-order valence-electron chi connectivity index (χ0n) is 16.2. The van der Waals surface area contributed by atoms with Gasteiger partial charge in [-0.05, 0) is 29.8 Å². The molecule has 0 saturated heterocycles. The third-order valence-electron chi connectivity index (χ3n) is 4.62. The van der Waals surface area contributed by atoms with Gasteiger partial charge in [0.2, 0.25) is 11.7 Å². The highest BCUT2D eigenvalue weighted by Gasteiger charge is 2.30. The van der Waals surface area contributed by atoms with E-state index in [2.05, 4.69) is 10.1 Å². The van der Waals surface area contributed by atoms with E-state index in [1.54, 1.807) is 24.3 Å². The number of alkyl halides is 3. The van der Waals surface area contributed by atoms with Gasteiger partial charge in [0.05, 0.1) is 12.1 Å². The summed E-state index contributed by atoms with van der Waals surface area (Å²) in [6.45, 7) is -0.0197. The maximum Gasteiger partial charge on any atom is 0.416 e. The van der Waals surface area contributed by atoms with Gasteiger partial charge in [0, 0.05) is 23.0 Å². The van der Waals surface area contributed by atoms with E-state index in [4.69, 9.17) is 16.1 Å². The summed E-state index contributed by atoms with van der Waals surface area (Å²) >= 11 is 5.85. The molecular weight excluding hydrogens is 449 g/mol. The molecule has 0 amide bonds. The number of nitrogens with zero attached hydrogens (tertiary/aromatic N) is 4. The van der Waals surface area contributed by atoms with E-state index in [1.807, 2.05) is 0 Å². The lowest BCUT2D eigenvalue weighted by molar-refractivity contribution is -0.137. The van der Waals surface area contributed by atoms with Crippen LogP contribution in [0.1, 0.15) is 17.0 Å². The van der Waals surface area contributed by atoms with Crippen molar-refractivity contribution in [2.45, 2.75) is 19.3 Å². The van der Waals surface area contributed by atoms with Crippen LogP contribution in [0.25, 0.3) is 11.4 Å². The molecule has 0 N–H and O–H groups in total. The first kappa shape index (κ1) is 21.6. The molecule has 11 heteroatoms. The summed E-state index contributed by atoms with van der Waals surface area (Å²) in [6, 6.07) is 11.3. The first-order valence-corrected chi connectivity index (χ1v) is 9.63. The third kappa shape index (κ3) is 4.65. The molecule has 0 aliphatic heterocycles. The van der Waals surface area contributed by atoms with E-state index < -0.39 is 22.9 Å². The van der Waals surface area contributed by atoms with Crippen LogP contribution in [0.2, 0.25) is 5.02 Å². The molecular formula is C21H14ClF3N4O3. The first-order chi connectivity index (χ1) is 15.2. The topological polar surface area (TPSA) is 82.9 Å². The van der Waals surface area contributed by atoms with Gasteiger partial charge in [0.1, 0.15) is 6.54 Å². The highest BCUT2D eigenvalue weighted by atomic mass is 35.5. The van der Waals surface area contributed by atoms with Crippen molar-refractivity contribution in [3.8, 4) is 11.4 Å². The van der Waals surface area contributed by atoms with E-state index in [1.165, 1.54) is 29.1 Å². The highest BCUT2D eigenvalue weighted by Crippen LogP contribution is 2.31. The second-order valence-corrected chi connectivity index (χ2v) is 7.32. The van der Waals surface area contributed by atoms with E-state index in [0.29, 0.717) is 5.02 Å². The number of benzene rings is 2. The van der Waals surface area contributed by atoms with Crippen molar-refractivity contribution >= 4 is 11.6 Å². The average Bonchev–Trinajstić information content (AvgIpc) is 3.23. The summed E-state index contributed by atoms with van der Waals surface area (Å²) < 4.78 is 46.1. The van der Waals surface area contributed by atoms with Gasteiger partial charge < -0.3 is 9.09 Å². The lowest BCUT2D eigenvalue weighted by atomic mass is 10.1. The van der Waals surface area contributed by atoms with Crippen molar-refractivity contribution in [2.75, 3.05) is 0 Å². The smallest absolute Gasteiger partial charge is 0.337 e. The average molecular weight is 463 g/mol. The van der Waals surface area contributed by atoms with Crippen LogP contribution in [0.3, 0.4) is 0 Å². The number of aromatic nitrogens is 4. The molecule has 4 aromatic rings. The van der Waals surface area contributed by atoms with Gasteiger partial charge in [-0.25, -0.2) is 0 Å². The van der Waals surface area contributed by atoms with E-state index in [0.717, 1.165) is 22.3 Å². The van der Waals surface area contributed by atoms with Gasteiger partial charge in [-0.2, -0.15) is 18.2 Å². The molecule has 2 aromatic heterocycles. The molecule has 164 valence electrons. The monoisotopic (exact) mass is 462 g/mol. The van der Waals surface area contributed by atoms with Gasteiger partial charge in [0.25, 0.3) is 0 Å². The summed E-state index contributed by atoms with van der Waals surface area (Å²) in [5.41, 5.74) is -1.50. The second-order valence-electron chi connectivity index (χ2n) is 6.88. The molecule has 0 spiro atoms. The van der Waals surface area contributed by atoms with E-state index in [-0.39, 0.29) is 30.4 Å². The lowest BCUT2D eigenvalue weighted by Gasteiger charge is -2.08. The third-order valence-corrected chi connectivity index (χ3v) is 4.87. The minimum Gasteiger partial charge on any atom is -0.337 e. The molecule has 0 unspecified atom stereocenters. The normalized spacial score (nSPS) is 11.6. The molecule has 4 rings (SSSR count). The molecule has 0 fully saturated rings. The molecule has 0 atom stereocenters. The van der Waals surface area contributed by atoms with Crippen molar-refractivity contribution in [1.29, 1.82) is 0 Å². The molecule has 7 nitrogen and oxygen atoms in total. The summed E-state index contributed by atoms with van der Waals surface area (Å²) in [5, 5.41) is 4.23. The standard InChI is InChI=1S/C21H14ClF3N4O3/c22-16-6-4-13(5-7-16)11-28-8-9-29(20(31)19(28)30)12-17-26-18(27-32-17)14-2-1-3-15(10-14)21(23,24)25/h1-10H,11-12H2. The molecule has 0 aliphatic carbocycles. The predicted octanol–water partition coefficient (Wildman–Crippen LogP) is 3.83. The van der Waals surface area contributed by atoms with Crippen LogP contribution in [0, 0.1) is 0 Å². The van der Waals surface area contributed by atoms with Crippen LogP contribution in [-0.4, -0.2) is 19.3 Å². The fraction of sp³-hybridized carbons (Fsp3) is 0.143. The number of hydrogen-bond acceptors (Lipinski definition) is 5. The Balaban J connectivity index is 1.55. The SMILES string of the molecule is O=c1c(=O)n(Cc2nc(-c3cccc(C(F)(F)F)c3)no2)ccn1Cc1ccc(Cl)cc1. The zero-order valence-corrected chi connectivity index (χ0v) is 17.0. The summed E-state index contributed by atoms with van der Waals surface area (Å²) in [7, 11) is 0. The van der Waals surface area contributed by atoms with Gasteiger partial charge >= 0.3 is 17.3 Å². The maximum absolute atomic E-state index is 12.9. The minimum absolute atomic E-state index is 0.0330. The first-order valence-electron chi connectivity index (χ1n) is 9.25. The van der Waals surface area contributed by atoms with Gasteiger partial charge in [-0.3, -0.25) is 14.2 Å². The summed E-state index contributed by atoms with van der Waals surface area (Å²) in [5.74, 6) is -0.0930. The fourth-order valence-corrected chi connectivity index (χ4v) is 3.12. The quantitative estimate of drug-likeness (QED) is 0.421. The van der Waals surface area contributed by atoms with Crippen LogP contribution in [0.4, 0.5) is 13.2 Å². The van der Waals surface area contributed by atoms with Crippen LogP contribution >= 0.6 is 11.6 Å². The van der Waals surface area contributed by atoms with Crippen LogP contribution in [0.15, 0.2) is 75.0 Å². The Labute approximate surface area is 183 Å². The maximum atomic E-state index is 12.9. The van der Waals surface area contributed by atoms with Crippen molar-refractivity contribution in [1.82, 2.24) is 19.3 Å². The second kappa shape index (κ2) is 8.46. The molecule has 0 aliphatic rings. The molecule has 2 aromatic carbocycles. The summed E-state index contributed by atoms with van der Waals surface area (Å²) in [4.78, 5) is 28.9. The molecule has 0 saturated carbocycles. The van der Waals surface area contributed by atoms with Crippen LogP contribution in [-0.2, 0) is 19.3 Å². The number of halogens is 4. The predicted molar refractivity (Wildman–Crippen MR) is 109 cm³/mol. The summed E-state index contributed by atoms with van der Waals surface area (Å²) in [6.07, 6.45) is -1.66. The van der Waals surface area contributed by atoms with Crippen molar-refractivity contribution in [3.63, 3.8) is 0 Å². The van der Waals surface area contributed by atoms with Crippen molar-refractivity contribution in [2.24, 2.45) is 0 Å². The molecule has 0 radical (unpaired) electrons. The fourth-order valence-electron chi connectivity index (χ4n) is 2.99. The molecule has 2 heterocycles. The largest absolute Gasteiger partial charge is 0.416 e. The molecule has 0 bridgehead atoms. The molecule has 32 heavy (non-hydrogen) atoms. The number of rotatable bonds is 5. The Morgan fingerprint density at radius 2 is 1.59 bits per heavy atom. The van der Waals surface area contributed by atoms with Crippen LogP contribution in [0.5, 0.6) is 0 Å². The lowest BCUT2D eigenvalue weighted by Crippen LogP contribution is -2.40. The number of hydrogen-bond donors (Lipinski definition) is 0. The van der Waals surface area contributed by atoms with Crippen molar-refractivity contribution < 1.29 is 17.7 Å². The van der Waals surface area contributed by atoms with Gasteiger partial charge in [-0.1, -0.05) is 41.0 Å². The zero-order chi connectivity index (χ0) is 22.9. The Kier molecular flexibility index (Phi) is 5.70. The Hall–Kier alpha value is -3.66. The van der Waals surface area contributed by atoms with Gasteiger partial charge in [0.15, 0.2) is 0 Å². The Morgan fingerprint density at radius 1 is 0.938 bits per heavy atom. The highest BCUT2D eigenvalue weighted by molar-refractivity contribution is 6.30.